The number of aliphatic hydroxyl groups excluding tert-OH is 2. The lowest BCUT2D eigenvalue weighted by molar-refractivity contribution is -0.145. The van der Waals surface area contributed by atoms with Crippen LogP contribution in [0.1, 0.15) is 51.3 Å². The smallest absolute Gasteiger partial charge is 0.459 e. The number of esters is 1. The van der Waals surface area contributed by atoms with Crippen LogP contribution >= 0.6 is 7.75 Å². The second-order valence-electron chi connectivity index (χ2n) is 9.93. The zero-order chi connectivity index (χ0) is 30.3. The van der Waals surface area contributed by atoms with Crippen molar-refractivity contribution < 1.29 is 38.1 Å². The lowest BCUT2D eigenvalue weighted by Gasteiger charge is -2.28. The monoisotopic (exact) mass is 602 g/mol. The van der Waals surface area contributed by atoms with E-state index >= 15 is 0 Å². The molecular formula is C27H35N6O8P. The normalized spacial score (nSPS) is 24.1. The number of hydrogen-bond donors (Lipinski definition) is 4. The van der Waals surface area contributed by atoms with Gasteiger partial charge in [0.15, 0.2) is 5.82 Å². The highest BCUT2D eigenvalue weighted by Crippen LogP contribution is 2.48. The van der Waals surface area contributed by atoms with Gasteiger partial charge < -0.3 is 29.9 Å². The van der Waals surface area contributed by atoms with E-state index in [0.29, 0.717) is 17.6 Å². The van der Waals surface area contributed by atoms with Crippen molar-refractivity contribution in [2.24, 2.45) is 0 Å². The lowest BCUT2D eigenvalue weighted by atomic mass is 9.96. The van der Waals surface area contributed by atoms with Crippen molar-refractivity contribution in [3.63, 3.8) is 0 Å². The molecule has 1 fully saturated rings. The molecule has 2 aromatic heterocycles. The van der Waals surface area contributed by atoms with E-state index in [0.717, 1.165) is 19.3 Å². The third-order valence-corrected chi connectivity index (χ3v) is 8.43. The standard InChI is InChI=1S/C27H35N6O8P/c1-3-4-5-9-14-38-26(36)18(2)32-42(37,41-19-10-7-6-8-11-19)39-16-27(15-28)24(35)22(34)23(40-27)20-12-13-21-25(29)30-17-31-33(20)21/h6-8,10-13,17-18,22-24,34-35H,3-5,9,14,16H2,1-2H3,(H,32,37)(H2,29,30,31)/t18-,22-,23-,24-,27+,42?/m0/s1. The number of nitrogens with zero attached hydrogens (tertiary/aromatic N) is 4. The number of nitrogens with one attached hydrogen (secondary N) is 1. The van der Waals surface area contributed by atoms with Crippen molar-refractivity contribution in [1.29, 1.82) is 5.26 Å². The summed E-state index contributed by atoms with van der Waals surface area (Å²) in [5.74, 6) is -0.337. The summed E-state index contributed by atoms with van der Waals surface area (Å²) in [6.45, 7) is 2.92. The van der Waals surface area contributed by atoms with E-state index in [1.54, 1.807) is 30.3 Å². The van der Waals surface area contributed by atoms with Crippen molar-refractivity contribution in [3.8, 4) is 11.8 Å². The number of fused-ring (bicyclic) bond motifs is 1. The van der Waals surface area contributed by atoms with Crippen molar-refractivity contribution in [2.75, 3.05) is 18.9 Å². The number of para-hydroxylation sites is 1. The fourth-order valence-electron chi connectivity index (χ4n) is 4.48. The Bertz CT molecular complexity index is 1450. The molecule has 0 saturated carbocycles. The maximum Gasteiger partial charge on any atom is 0.459 e. The Morgan fingerprint density at radius 3 is 2.74 bits per heavy atom. The summed E-state index contributed by atoms with van der Waals surface area (Å²) in [5, 5.41) is 38.6. The molecule has 1 saturated heterocycles. The Morgan fingerprint density at radius 1 is 1.26 bits per heavy atom. The molecule has 226 valence electrons. The summed E-state index contributed by atoms with van der Waals surface area (Å²) in [7, 11) is -4.40. The molecule has 3 aromatic rings. The summed E-state index contributed by atoms with van der Waals surface area (Å²) >= 11 is 0. The van der Waals surface area contributed by atoms with Crippen LogP contribution in [0, 0.1) is 11.3 Å². The number of rotatable bonds is 14. The van der Waals surface area contributed by atoms with Crippen LogP contribution in [0.2, 0.25) is 0 Å². The molecule has 0 spiro atoms. The number of anilines is 1. The first-order valence-corrected chi connectivity index (χ1v) is 15.1. The Hall–Kier alpha value is -3.57. The highest BCUT2D eigenvalue weighted by atomic mass is 31.2. The predicted molar refractivity (Wildman–Crippen MR) is 150 cm³/mol. The van der Waals surface area contributed by atoms with Crippen LogP contribution in [0.25, 0.3) is 5.52 Å². The van der Waals surface area contributed by atoms with Gasteiger partial charge in [0.25, 0.3) is 0 Å². The Kier molecular flexibility index (Phi) is 10.2. The van der Waals surface area contributed by atoms with Crippen molar-refractivity contribution >= 4 is 25.1 Å². The Labute approximate surface area is 242 Å². The van der Waals surface area contributed by atoms with E-state index in [-0.39, 0.29) is 18.2 Å². The zero-order valence-electron chi connectivity index (χ0n) is 23.3. The first kappa shape index (κ1) is 31.4. The molecule has 0 bridgehead atoms. The van der Waals surface area contributed by atoms with Gasteiger partial charge in [-0.15, -0.1) is 0 Å². The van der Waals surface area contributed by atoms with Gasteiger partial charge in [-0.3, -0.25) is 9.32 Å². The van der Waals surface area contributed by atoms with Gasteiger partial charge in [-0.05, 0) is 37.6 Å². The third-order valence-electron chi connectivity index (χ3n) is 6.81. The highest BCUT2D eigenvalue weighted by molar-refractivity contribution is 7.52. The maximum atomic E-state index is 13.9. The minimum absolute atomic E-state index is 0.155. The number of nitrogens with two attached hydrogens (primary N) is 1. The Balaban J connectivity index is 1.52. The van der Waals surface area contributed by atoms with Crippen LogP contribution < -0.4 is 15.3 Å². The van der Waals surface area contributed by atoms with E-state index in [1.807, 2.05) is 6.07 Å². The van der Waals surface area contributed by atoms with Crippen LogP contribution in [0.5, 0.6) is 5.75 Å². The molecule has 1 unspecified atom stereocenters. The lowest BCUT2D eigenvalue weighted by Crippen LogP contribution is -2.46. The number of ether oxygens (including phenoxy) is 2. The number of aromatic nitrogens is 3. The Morgan fingerprint density at radius 2 is 2.02 bits per heavy atom. The number of carbonyl (C=O) groups excluding carboxylic acids is 1. The predicted octanol–water partition coefficient (Wildman–Crippen LogP) is 2.67. The maximum absolute atomic E-state index is 13.9. The molecule has 42 heavy (non-hydrogen) atoms. The van der Waals surface area contributed by atoms with Gasteiger partial charge in [-0.25, -0.2) is 14.1 Å². The van der Waals surface area contributed by atoms with Crippen LogP contribution in [0.3, 0.4) is 0 Å². The fraction of sp³-hybridized carbons (Fsp3) is 0.481. The van der Waals surface area contributed by atoms with Crippen LogP contribution in [0.15, 0.2) is 48.8 Å². The first-order valence-electron chi connectivity index (χ1n) is 13.6. The molecule has 15 heteroatoms. The highest BCUT2D eigenvalue weighted by Gasteiger charge is 2.57. The quantitative estimate of drug-likeness (QED) is 0.119. The summed E-state index contributed by atoms with van der Waals surface area (Å²) in [5.41, 5.74) is 4.44. The molecule has 0 aliphatic carbocycles. The molecule has 0 amide bonds. The number of aliphatic hydroxyl groups is 2. The van der Waals surface area contributed by atoms with Gasteiger partial charge >= 0.3 is 13.7 Å². The number of hydrogen-bond acceptors (Lipinski definition) is 12. The van der Waals surface area contributed by atoms with E-state index < -0.39 is 50.3 Å². The van der Waals surface area contributed by atoms with Gasteiger partial charge in [-0.2, -0.15) is 15.4 Å². The van der Waals surface area contributed by atoms with Crippen molar-refractivity contribution in [3.05, 3.63) is 54.5 Å². The van der Waals surface area contributed by atoms with E-state index in [4.69, 9.17) is 24.3 Å². The molecule has 1 aliphatic heterocycles. The molecule has 14 nitrogen and oxygen atoms in total. The van der Waals surface area contributed by atoms with Crippen molar-refractivity contribution in [2.45, 2.75) is 69.5 Å². The topological polar surface area (TPSA) is 204 Å². The minimum Gasteiger partial charge on any atom is -0.465 e. The fourth-order valence-corrected chi connectivity index (χ4v) is 6.00. The molecule has 0 radical (unpaired) electrons. The largest absolute Gasteiger partial charge is 0.465 e. The minimum atomic E-state index is -4.40. The number of benzene rings is 1. The summed E-state index contributed by atoms with van der Waals surface area (Å²) < 4.78 is 37.7. The van der Waals surface area contributed by atoms with Crippen LogP contribution in [-0.2, 0) is 23.4 Å². The number of nitriles is 1. The van der Waals surface area contributed by atoms with Crippen LogP contribution in [-0.4, -0.2) is 67.8 Å². The van der Waals surface area contributed by atoms with Gasteiger partial charge in [-0.1, -0.05) is 44.4 Å². The van der Waals surface area contributed by atoms with Gasteiger partial charge in [0.05, 0.1) is 12.3 Å². The molecule has 3 heterocycles. The molecular weight excluding hydrogens is 567 g/mol. The average molecular weight is 603 g/mol. The molecule has 5 N–H and O–H groups in total. The summed E-state index contributed by atoms with van der Waals surface area (Å²) in [6, 6.07) is 12.0. The summed E-state index contributed by atoms with van der Waals surface area (Å²) in [6.07, 6.45) is 0.267. The van der Waals surface area contributed by atoms with Crippen LogP contribution in [0.4, 0.5) is 5.82 Å². The van der Waals surface area contributed by atoms with E-state index in [1.165, 1.54) is 29.9 Å². The number of carbonyl (C=O) groups is 1. The SMILES string of the molecule is CCCCCCOC(=O)[C@H](C)NP(=O)(OC[C@@]1(C#N)O[C@@H](c2ccc3c(N)ncnn23)[C@H](O)[C@@H]1O)Oc1ccccc1. The third kappa shape index (κ3) is 6.90. The molecule has 6 atom stereocenters. The average Bonchev–Trinajstić information content (AvgIpc) is 3.52. The van der Waals surface area contributed by atoms with E-state index in [9.17, 15) is 24.8 Å². The van der Waals surface area contributed by atoms with Crippen molar-refractivity contribution in [1.82, 2.24) is 19.7 Å². The number of unbranched alkanes of at least 4 members (excludes halogenated alkanes) is 3. The second kappa shape index (κ2) is 13.6. The first-order chi connectivity index (χ1) is 20.1. The van der Waals surface area contributed by atoms with Gasteiger partial charge in [0, 0.05) is 0 Å². The second-order valence-corrected chi connectivity index (χ2v) is 11.6. The van der Waals surface area contributed by atoms with Gasteiger partial charge in [0.1, 0.15) is 54.6 Å². The molecule has 4 rings (SSSR count). The van der Waals surface area contributed by atoms with E-state index in [2.05, 4.69) is 22.1 Å². The summed E-state index contributed by atoms with van der Waals surface area (Å²) in [4.78, 5) is 16.5. The number of nitrogen functional groups attached to an aromatic ring is 1. The zero-order valence-corrected chi connectivity index (χ0v) is 24.2. The molecule has 1 aromatic carbocycles. The molecule has 1 aliphatic rings. The van der Waals surface area contributed by atoms with Gasteiger partial charge in [0.2, 0.25) is 5.60 Å².